The molecule has 7 heteroatoms. The number of rotatable bonds is 2. The molecule has 0 amide bonds. The topological polar surface area (TPSA) is 101 Å². The van der Waals surface area contributed by atoms with Crippen LogP contribution < -0.4 is 0 Å². The molecule has 0 atom stereocenters. The van der Waals surface area contributed by atoms with Gasteiger partial charge in [-0.05, 0) is 32.6 Å². The normalized spacial score (nSPS) is 16.2. The van der Waals surface area contributed by atoms with E-state index in [4.69, 9.17) is 19.8 Å². The molecule has 7 nitrogen and oxygen atoms in total. The number of aliphatic carboxylic acids is 2. The highest BCUT2D eigenvalue weighted by Gasteiger charge is 2.13. The fourth-order valence-electron chi connectivity index (χ4n) is 2.14. The van der Waals surface area contributed by atoms with Crippen molar-refractivity contribution in [1.29, 1.82) is 0 Å². The maximum atomic E-state index is 9.73. The number of benzene rings is 1. The first-order valence-corrected chi connectivity index (χ1v) is 7.04. The number of phenols is 1. The Bertz CT molecular complexity index is 494. The fraction of sp³-hybridized carbons (Fsp3) is 0.467. The lowest BCUT2D eigenvalue weighted by molar-refractivity contribution is -0.159. The van der Waals surface area contributed by atoms with E-state index in [9.17, 15) is 5.11 Å². The summed E-state index contributed by atoms with van der Waals surface area (Å²) in [4.78, 5) is 23.0. The van der Waals surface area contributed by atoms with Crippen molar-refractivity contribution in [3.8, 4) is 5.75 Å². The maximum Gasteiger partial charge on any atom is 0.414 e. The number of hydrogen-bond donors (Lipinski definition) is 3. The Morgan fingerprint density at radius 2 is 1.68 bits per heavy atom. The number of carbonyl (C=O) groups is 2. The van der Waals surface area contributed by atoms with Crippen molar-refractivity contribution in [2.24, 2.45) is 0 Å². The summed E-state index contributed by atoms with van der Waals surface area (Å²) in [6.45, 7) is 5.37. The van der Waals surface area contributed by atoms with Crippen molar-refractivity contribution < 1.29 is 24.9 Å². The van der Waals surface area contributed by atoms with Crippen LogP contribution in [0.1, 0.15) is 12.0 Å². The van der Waals surface area contributed by atoms with Crippen LogP contribution in [0.5, 0.6) is 5.75 Å². The Morgan fingerprint density at radius 3 is 2.27 bits per heavy atom. The van der Waals surface area contributed by atoms with Crippen molar-refractivity contribution in [1.82, 2.24) is 9.80 Å². The van der Waals surface area contributed by atoms with Crippen molar-refractivity contribution in [2.75, 3.05) is 33.2 Å². The van der Waals surface area contributed by atoms with Gasteiger partial charge in [-0.1, -0.05) is 18.2 Å². The number of carboxylic acids is 2. The van der Waals surface area contributed by atoms with Gasteiger partial charge in [0.15, 0.2) is 0 Å². The molecule has 22 heavy (non-hydrogen) atoms. The highest BCUT2D eigenvalue weighted by atomic mass is 16.4. The third-order valence-electron chi connectivity index (χ3n) is 3.38. The molecule has 122 valence electrons. The van der Waals surface area contributed by atoms with Gasteiger partial charge in [-0.2, -0.15) is 0 Å². The molecule has 0 bridgehead atoms. The molecule has 0 saturated carbocycles. The van der Waals surface area contributed by atoms with Crippen LogP contribution in [0.15, 0.2) is 24.3 Å². The molecular formula is C15H22N2O5. The summed E-state index contributed by atoms with van der Waals surface area (Å²) >= 11 is 0. The van der Waals surface area contributed by atoms with E-state index in [0.717, 1.165) is 31.7 Å². The van der Waals surface area contributed by atoms with Gasteiger partial charge in [0, 0.05) is 25.2 Å². The standard InChI is InChI=1S/C13H20N2O.C2H2O4/c1-14-7-4-8-15(10-9-14)11-12-5-2-3-6-13(12)16;3-1(4)2(5)6/h2-3,5-6,16H,4,7-11H2,1H3;(H,3,4)(H,5,6). The molecule has 1 fully saturated rings. The Morgan fingerprint density at radius 1 is 1.05 bits per heavy atom. The van der Waals surface area contributed by atoms with Gasteiger partial charge < -0.3 is 20.2 Å². The van der Waals surface area contributed by atoms with Gasteiger partial charge >= 0.3 is 11.9 Å². The summed E-state index contributed by atoms with van der Waals surface area (Å²) in [5, 5.41) is 24.5. The second kappa shape index (κ2) is 9.01. The van der Waals surface area contributed by atoms with E-state index in [-0.39, 0.29) is 0 Å². The van der Waals surface area contributed by atoms with Crippen molar-refractivity contribution in [3.63, 3.8) is 0 Å². The molecule has 1 heterocycles. The van der Waals surface area contributed by atoms with E-state index in [1.165, 1.54) is 13.0 Å². The molecule has 1 aromatic carbocycles. The average Bonchev–Trinajstić information content (AvgIpc) is 2.67. The smallest absolute Gasteiger partial charge is 0.414 e. The number of para-hydroxylation sites is 1. The third-order valence-corrected chi connectivity index (χ3v) is 3.38. The zero-order chi connectivity index (χ0) is 16.5. The van der Waals surface area contributed by atoms with Crippen LogP contribution in [0.4, 0.5) is 0 Å². The lowest BCUT2D eigenvalue weighted by Gasteiger charge is -2.20. The lowest BCUT2D eigenvalue weighted by Crippen LogP contribution is -2.28. The second-order valence-corrected chi connectivity index (χ2v) is 5.17. The van der Waals surface area contributed by atoms with Crippen molar-refractivity contribution in [3.05, 3.63) is 29.8 Å². The molecule has 1 aliphatic rings. The molecule has 0 spiro atoms. The van der Waals surface area contributed by atoms with Gasteiger partial charge in [0.25, 0.3) is 0 Å². The first-order chi connectivity index (χ1) is 10.4. The molecule has 0 aliphatic carbocycles. The Balaban J connectivity index is 0.000000346. The Hall–Kier alpha value is -2.12. The average molecular weight is 310 g/mol. The maximum absolute atomic E-state index is 9.73. The highest BCUT2D eigenvalue weighted by molar-refractivity contribution is 6.27. The van der Waals surface area contributed by atoms with Crippen LogP contribution in [0, 0.1) is 0 Å². The molecule has 0 radical (unpaired) electrons. The second-order valence-electron chi connectivity index (χ2n) is 5.17. The highest BCUT2D eigenvalue weighted by Crippen LogP contribution is 2.18. The van der Waals surface area contributed by atoms with Gasteiger partial charge in [-0.25, -0.2) is 9.59 Å². The molecule has 1 aliphatic heterocycles. The summed E-state index contributed by atoms with van der Waals surface area (Å²) in [7, 11) is 2.17. The fourth-order valence-corrected chi connectivity index (χ4v) is 2.14. The summed E-state index contributed by atoms with van der Waals surface area (Å²) in [6.07, 6.45) is 1.21. The van der Waals surface area contributed by atoms with E-state index in [1.807, 2.05) is 18.2 Å². The van der Waals surface area contributed by atoms with E-state index in [2.05, 4.69) is 16.8 Å². The minimum atomic E-state index is -1.82. The Kier molecular flexibility index (Phi) is 7.34. The zero-order valence-electron chi connectivity index (χ0n) is 12.6. The largest absolute Gasteiger partial charge is 0.508 e. The number of hydrogen-bond acceptors (Lipinski definition) is 5. The van der Waals surface area contributed by atoms with E-state index < -0.39 is 11.9 Å². The number of carboxylic acid groups (broad SMARTS) is 2. The van der Waals surface area contributed by atoms with Gasteiger partial charge in [0.1, 0.15) is 5.75 Å². The third kappa shape index (κ3) is 6.55. The molecular weight excluding hydrogens is 288 g/mol. The molecule has 0 aromatic heterocycles. The first-order valence-electron chi connectivity index (χ1n) is 7.04. The quantitative estimate of drug-likeness (QED) is 0.691. The van der Waals surface area contributed by atoms with Gasteiger partial charge in [0.2, 0.25) is 0 Å². The van der Waals surface area contributed by atoms with Crippen molar-refractivity contribution >= 4 is 11.9 Å². The monoisotopic (exact) mass is 310 g/mol. The van der Waals surface area contributed by atoms with E-state index in [1.54, 1.807) is 6.07 Å². The molecule has 2 rings (SSSR count). The predicted molar refractivity (Wildman–Crippen MR) is 80.8 cm³/mol. The number of aromatic hydroxyl groups is 1. The summed E-state index contributed by atoms with van der Waals surface area (Å²) in [5.41, 5.74) is 1.03. The first kappa shape index (κ1) is 17.9. The Labute approximate surface area is 129 Å². The van der Waals surface area contributed by atoms with Crippen LogP contribution >= 0.6 is 0 Å². The summed E-state index contributed by atoms with van der Waals surface area (Å²) in [6, 6.07) is 7.62. The molecule has 1 aromatic rings. The summed E-state index contributed by atoms with van der Waals surface area (Å²) in [5.74, 6) is -3.23. The number of phenolic OH excluding ortho intramolecular Hbond substituents is 1. The minimum Gasteiger partial charge on any atom is -0.508 e. The molecule has 3 N–H and O–H groups in total. The van der Waals surface area contributed by atoms with Crippen LogP contribution in [-0.4, -0.2) is 70.3 Å². The summed E-state index contributed by atoms with van der Waals surface area (Å²) < 4.78 is 0. The number of likely N-dealkylation sites (N-methyl/N-ethyl adjacent to an activating group) is 1. The van der Waals surface area contributed by atoms with Crippen LogP contribution in [0.25, 0.3) is 0 Å². The SMILES string of the molecule is CN1CCCN(Cc2ccccc2O)CC1.O=C(O)C(=O)O. The number of nitrogens with zero attached hydrogens (tertiary/aromatic N) is 2. The van der Waals surface area contributed by atoms with Gasteiger partial charge in [-0.15, -0.1) is 0 Å². The zero-order valence-corrected chi connectivity index (χ0v) is 12.6. The van der Waals surface area contributed by atoms with Gasteiger partial charge in [-0.3, -0.25) is 4.90 Å². The van der Waals surface area contributed by atoms with Crippen LogP contribution in [0.2, 0.25) is 0 Å². The van der Waals surface area contributed by atoms with Crippen molar-refractivity contribution in [2.45, 2.75) is 13.0 Å². The predicted octanol–water partition coefficient (Wildman–Crippen LogP) is 0.685. The van der Waals surface area contributed by atoms with Crippen LogP contribution in [0.3, 0.4) is 0 Å². The van der Waals surface area contributed by atoms with Crippen LogP contribution in [-0.2, 0) is 16.1 Å². The lowest BCUT2D eigenvalue weighted by atomic mass is 10.2. The minimum absolute atomic E-state index is 0.417. The van der Waals surface area contributed by atoms with Gasteiger partial charge in [0.05, 0.1) is 0 Å². The van der Waals surface area contributed by atoms with E-state index in [0.29, 0.717) is 5.75 Å². The molecule has 1 saturated heterocycles. The molecule has 0 unspecified atom stereocenters. The van der Waals surface area contributed by atoms with E-state index >= 15 is 0 Å².